The van der Waals surface area contributed by atoms with E-state index >= 15 is 0 Å². The Bertz CT molecular complexity index is 730. The summed E-state index contributed by atoms with van der Waals surface area (Å²) in [6.07, 6.45) is 0.905. The Morgan fingerprint density at radius 1 is 1.12 bits per heavy atom. The molecule has 25 heavy (non-hydrogen) atoms. The number of nitrogens with one attached hydrogen (secondary N) is 1. The first-order valence-electron chi connectivity index (χ1n) is 7.78. The number of hydrogen-bond acceptors (Lipinski definition) is 4. The minimum Gasteiger partial charge on any atom is -0.496 e. The molecule has 0 atom stereocenters. The van der Waals surface area contributed by atoms with Gasteiger partial charge in [0.2, 0.25) is 5.91 Å². The fraction of sp³-hybridized carbons (Fsp3) is 0.263. The van der Waals surface area contributed by atoms with Gasteiger partial charge in [0, 0.05) is 23.4 Å². The number of benzene rings is 2. The van der Waals surface area contributed by atoms with E-state index < -0.39 is 0 Å². The van der Waals surface area contributed by atoms with Crippen LogP contribution in [-0.4, -0.2) is 25.3 Å². The van der Waals surface area contributed by atoms with E-state index in [1.54, 1.807) is 25.3 Å². The highest BCUT2D eigenvalue weighted by atomic mass is 35.5. The van der Waals surface area contributed by atoms with Gasteiger partial charge >= 0.3 is 0 Å². The summed E-state index contributed by atoms with van der Waals surface area (Å²) in [7, 11) is 1.55. The van der Waals surface area contributed by atoms with Gasteiger partial charge in [-0.25, -0.2) is 0 Å². The van der Waals surface area contributed by atoms with Crippen molar-refractivity contribution < 1.29 is 14.3 Å². The summed E-state index contributed by atoms with van der Waals surface area (Å²) in [6, 6.07) is 12.7. The van der Waals surface area contributed by atoms with Crippen molar-refractivity contribution in [1.82, 2.24) is 5.32 Å². The number of rotatable bonds is 7. The number of ether oxygens (including phenoxy) is 1. The fourth-order valence-corrected chi connectivity index (χ4v) is 2.40. The van der Waals surface area contributed by atoms with E-state index in [-0.39, 0.29) is 30.5 Å². The summed E-state index contributed by atoms with van der Waals surface area (Å²) >= 11 is 0. The molecule has 0 fully saturated rings. The minimum absolute atomic E-state index is 0. The first kappa shape index (κ1) is 20.5. The molecule has 0 radical (unpaired) electrons. The van der Waals surface area contributed by atoms with Crippen molar-refractivity contribution in [3.05, 3.63) is 59.2 Å². The molecule has 3 N–H and O–H groups in total. The highest BCUT2D eigenvalue weighted by Gasteiger charge is 2.11. The van der Waals surface area contributed by atoms with Crippen LogP contribution in [0.4, 0.5) is 5.69 Å². The topological polar surface area (TPSA) is 81.4 Å². The van der Waals surface area contributed by atoms with Crippen LogP contribution in [0.15, 0.2) is 42.5 Å². The lowest BCUT2D eigenvalue weighted by atomic mass is 10.0. The summed E-state index contributed by atoms with van der Waals surface area (Å²) in [4.78, 5) is 23.6. The number of anilines is 1. The third-order valence-electron chi connectivity index (χ3n) is 3.75. The number of carbonyl (C=O) groups is 2. The largest absolute Gasteiger partial charge is 0.496 e. The van der Waals surface area contributed by atoms with Gasteiger partial charge < -0.3 is 15.8 Å². The third-order valence-corrected chi connectivity index (χ3v) is 3.75. The highest BCUT2D eigenvalue weighted by Crippen LogP contribution is 2.20. The Labute approximate surface area is 154 Å². The molecule has 1 amide bonds. The van der Waals surface area contributed by atoms with E-state index in [4.69, 9.17) is 10.5 Å². The Kier molecular flexibility index (Phi) is 7.95. The number of nitrogens with two attached hydrogens (primary N) is 1. The summed E-state index contributed by atoms with van der Waals surface area (Å²) in [5.74, 6) is 0.459. The van der Waals surface area contributed by atoms with Gasteiger partial charge in [0.15, 0.2) is 5.78 Å². The van der Waals surface area contributed by atoms with Gasteiger partial charge in [0.25, 0.3) is 0 Å². The van der Waals surface area contributed by atoms with Gasteiger partial charge in [-0.1, -0.05) is 12.1 Å². The maximum Gasteiger partial charge on any atom is 0.224 e. The lowest BCUT2D eigenvalue weighted by Gasteiger charge is -2.10. The molecule has 2 aromatic carbocycles. The van der Waals surface area contributed by atoms with E-state index in [0.717, 1.165) is 17.7 Å². The molecular formula is C19H23ClN2O3. The minimum atomic E-state index is -0.107. The average Bonchev–Trinajstić information content (AvgIpc) is 2.56. The predicted octanol–water partition coefficient (Wildman–Crippen LogP) is 2.80. The van der Waals surface area contributed by atoms with Gasteiger partial charge in [0.1, 0.15) is 5.75 Å². The number of methoxy groups -OCH3 is 1. The lowest BCUT2D eigenvalue weighted by molar-refractivity contribution is -0.120. The van der Waals surface area contributed by atoms with Crippen LogP contribution in [0.2, 0.25) is 0 Å². The van der Waals surface area contributed by atoms with E-state index in [0.29, 0.717) is 23.4 Å². The zero-order valence-electron chi connectivity index (χ0n) is 14.4. The Balaban J connectivity index is 0.00000312. The SMILES string of the molecule is COc1ccc(C(C)=O)cc1CC(=O)NCCc1ccc(N)cc1.Cl. The number of amides is 1. The predicted molar refractivity (Wildman–Crippen MR) is 102 cm³/mol. The second-order valence-corrected chi connectivity index (χ2v) is 5.60. The van der Waals surface area contributed by atoms with Gasteiger partial charge in [0.05, 0.1) is 13.5 Å². The monoisotopic (exact) mass is 362 g/mol. The number of ketones is 1. The zero-order chi connectivity index (χ0) is 17.5. The van der Waals surface area contributed by atoms with Crippen molar-refractivity contribution in [3.63, 3.8) is 0 Å². The molecule has 0 unspecified atom stereocenters. The Hall–Kier alpha value is -2.53. The highest BCUT2D eigenvalue weighted by molar-refractivity contribution is 5.94. The van der Waals surface area contributed by atoms with Crippen LogP contribution < -0.4 is 15.8 Å². The summed E-state index contributed by atoms with van der Waals surface area (Å²) in [5, 5.41) is 2.88. The van der Waals surface area contributed by atoms with Crippen molar-refractivity contribution in [2.75, 3.05) is 19.4 Å². The number of Topliss-reactive ketones (excluding diaryl/α,β-unsaturated/α-hetero) is 1. The number of carbonyl (C=O) groups excluding carboxylic acids is 2. The van der Waals surface area contributed by atoms with Gasteiger partial charge in [-0.3, -0.25) is 9.59 Å². The van der Waals surface area contributed by atoms with Crippen LogP contribution in [0, 0.1) is 0 Å². The molecule has 2 aromatic rings. The smallest absolute Gasteiger partial charge is 0.224 e. The molecule has 6 heteroatoms. The number of nitrogen functional groups attached to an aromatic ring is 1. The molecule has 0 saturated carbocycles. The van der Waals surface area contributed by atoms with Crippen molar-refractivity contribution in [3.8, 4) is 5.75 Å². The second-order valence-electron chi connectivity index (χ2n) is 5.60. The summed E-state index contributed by atoms with van der Waals surface area (Å²) in [5.41, 5.74) is 8.75. The molecule has 134 valence electrons. The Morgan fingerprint density at radius 3 is 2.40 bits per heavy atom. The Morgan fingerprint density at radius 2 is 1.80 bits per heavy atom. The van der Waals surface area contributed by atoms with E-state index in [2.05, 4.69) is 5.32 Å². The molecule has 0 bridgehead atoms. The van der Waals surface area contributed by atoms with Crippen molar-refractivity contribution in [2.45, 2.75) is 19.8 Å². The first-order valence-corrected chi connectivity index (χ1v) is 7.78. The molecule has 0 aliphatic carbocycles. The second kappa shape index (κ2) is 9.69. The molecule has 0 saturated heterocycles. The van der Waals surface area contributed by atoms with E-state index in [1.165, 1.54) is 6.92 Å². The van der Waals surface area contributed by atoms with Crippen molar-refractivity contribution in [2.24, 2.45) is 0 Å². The van der Waals surface area contributed by atoms with Crippen molar-refractivity contribution in [1.29, 1.82) is 0 Å². The average molecular weight is 363 g/mol. The molecule has 0 aliphatic heterocycles. The molecule has 5 nitrogen and oxygen atoms in total. The maximum atomic E-state index is 12.1. The molecule has 0 heterocycles. The van der Waals surface area contributed by atoms with Crippen LogP contribution in [0.1, 0.15) is 28.4 Å². The molecule has 0 spiro atoms. The summed E-state index contributed by atoms with van der Waals surface area (Å²) < 4.78 is 5.26. The normalized spacial score (nSPS) is 9.84. The van der Waals surface area contributed by atoms with E-state index in [9.17, 15) is 9.59 Å². The zero-order valence-corrected chi connectivity index (χ0v) is 15.2. The van der Waals surface area contributed by atoms with Gasteiger partial charge in [-0.15, -0.1) is 12.4 Å². The summed E-state index contributed by atoms with van der Waals surface area (Å²) in [6.45, 7) is 2.04. The van der Waals surface area contributed by atoms with Crippen LogP contribution >= 0.6 is 12.4 Å². The fourth-order valence-electron chi connectivity index (χ4n) is 2.40. The first-order chi connectivity index (χ1) is 11.5. The number of hydrogen-bond donors (Lipinski definition) is 2. The van der Waals surface area contributed by atoms with Crippen LogP contribution in [0.25, 0.3) is 0 Å². The van der Waals surface area contributed by atoms with Crippen LogP contribution in [-0.2, 0) is 17.6 Å². The number of halogens is 1. The van der Waals surface area contributed by atoms with Crippen molar-refractivity contribution >= 4 is 29.8 Å². The van der Waals surface area contributed by atoms with Gasteiger partial charge in [-0.2, -0.15) is 0 Å². The van der Waals surface area contributed by atoms with Crippen LogP contribution in [0.3, 0.4) is 0 Å². The standard InChI is InChI=1S/C19H22N2O3.ClH/c1-13(22)15-5-8-18(24-2)16(11-15)12-19(23)21-10-9-14-3-6-17(20)7-4-14;/h3-8,11H,9-10,12,20H2,1-2H3,(H,21,23);1H. The molecular weight excluding hydrogens is 340 g/mol. The lowest BCUT2D eigenvalue weighted by Crippen LogP contribution is -2.27. The maximum absolute atomic E-state index is 12.1. The molecule has 0 aromatic heterocycles. The molecule has 0 aliphatic rings. The van der Waals surface area contributed by atoms with E-state index in [1.807, 2.05) is 24.3 Å². The molecule has 2 rings (SSSR count). The van der Waals surface area contributed by atoms with Gasteiger partial charge in [-0.05, 0) is 49.2 Å². The quantitative estimate of drug-likeness (QED) is 0.586. The van der Waals surface area contributed by atoms with Crippen LogP contribution in [0.5, 0.6) is 5.75 Å². The third kappa shape index (κ3) is 6.12.